The molecule has 98 valence electrons. The zero-order chi connectivity index (χ0) is 13.2. The van der Waals surface area contributed by atoms with E-state index in [0.717, 1.165) is 6.08 Å². The van der Waals surface area contributed by atoms with Crippen molar-refractivity contribution in [1.82, 2.24) is 5.32 Å². The lowest BCUT2D eigenvalue weighted by Gasteiger charge is -2.44. The number of amides is 1. The van der Waals surface area contributed by atoms with Crippen LogP contribution < -0.4 is 5.32 Å². The summed E-state index contributed by atoms with van der Waals surface area (Å²) in [6.07, 6.45) is -5.86. The number of carbonyl (C=O) groups is 1. The first-order chi connectivity index (χ1) is 7.85. The molecule has 1 unspecified atom stereocenters. The van der Waals surface area contributed by atoms with Crippen LogP contribution in [0, 0.1) is 0 Å². The predicted octanol–water partition coefficient (Wildman–Crippen LogP) is -3.59. The summed E-state index contributed by atoms with van der Waals surface area (Å²) in [5.74, 6) is -3.45. The highest BCUT2D eigenvalue weighted by Crippen LogP contribution is 2.26. The second kappa shape index (κ2) is 5.08. The molecule has 0 radical (unpaired) electrons. The zero-order valence-electron chi connectivity index (χ0n) is 8.85. The molecule has 6 N–H and O–H groups in total. The molecule has 0 aromatic carbocycles. The SMILES string of the molecule is C=CC(=O)NC1(O)O[C@H](CO)[C@@H](O)[C@H](O)[C@H]1O. The molecule has 1 fully saturated rings. The number of ether oxygens (including phenoxy) is 1. The van der Waals surface area contributed by atoms with Gasteiger partial charge in [0.1, 0.15) is 18.3 Å². The molecular formula is C9H15NO7. The molecular weight excluding hydrogens is 234 g/mol. The second-order valence-corrected chi connectivity index (χ2v) is 3.65. The van der Waals surface area contributed by atoms with Crippen LogP contribution in [0.5, 0.6) is 0 Å². The zero-order valence-corrected chi connectivity index (χ0v) is 8.85. The average Bonchev–Trinajstić information content (AvgIpc) is 2.31. The van der Waals surface area contributed by atoms with Gasteiger partial charge >= 0.3 is 0 Å². The highest BCUT2D eigenvalue weighted by atomic mass is 16.7. The van der Waals surface area contributed by atoms with Gasteiger partial charge in [0.15, 0.2) is 6.10 Å². The highest BCUT2D eigenvalue weighted by Gasteiger charge is 2.53. The Morgan fingerprint density at radius 2 is 2.00 bits per heavy atom. The van der Waals surface area contributed by atoms with Crippen molar-refractivity contribution in [2.24, 2.45) is 0 Å². The van der Waals surface area contributed by atoms with Crippen LogP contribution in [0.15, 0.2) is 12.7 Å². The maximum absolute atomic E-state index is 11.0. The van der Waals surface area contributed by atoms with E-state index in [2.05, 4.69) is 6.58 Å². The van der Waals surface area contributed by atoms with Crippen molar-refractivity contribution in [3.8, 4) is 0 Å². The Labute approximate surface area is 96.8 Å². The first-order valence-corrected chi connectivity index (χ1v) is 4.85. The molecule has 0 saturated carbocycles. The van der Waals surface area contributed by atoms with Crippen molar-refractivity contribution < 1.29 is 35.1 Å². The Balaban J connectivity index is 2.90. The second-order valence-electron chi connectivity index (χ2n) is 3.65. The Morgan fingerprint density at radius 3 is 2.47 bits per heavy atom. The third kappa shape index (κ3) is 2.63. The van der Waals surface area contributed by atoms with Gasteiger partial charge in [-0.15, -0.1) is 0 Å². The topological polar surface area (TPSA) is 139 Å². The fraction of sp³-hybridized carbons (Fsp3) is 0.667. The monoisotopic (exact) mass is 249 g/mol. The number of carbonyl (C=O) groups excluding carboxylic acids is 1. The quantitative estimate of drug-likeness (QED) is 0.224. The van der Waals surface area contributed by atoms with Crippen molar-refractivity contribution >= 4 is 5.91 Å². The van der Waals surface area contributed by atoms with E-state index >= 15 is 0 Å². The van der Waals surface area contributed by atoms with Gasteiger partial charge in [-0.3, -0.25) is 10.1 Å². The lowest BCUT2D eigenvalue weighted by molar-refractivity contribution is -0.357. The molecule has 8 heteroatoms. The molecule has 1 aliphatic rings. The van der Waals surface area contributed by atoms with Crippen LogP contribution in [-0.2, 0) is 9.53 Å². The fourth-order valence-corrected chi connectivity index (χ4v) is 1.48. The van der Waals surface area contributed by atoms with E-state index in [1.165, 1.54) is 0 Å². The molecule has 5 atom stereocenters. The van der Waals surface area contributed by atoms with E-state index in [1.807, 2.05) is 5.32 Å². The van der Waals surface area contributed by atoms with Gasteiger partial charge in [-0.25, -0.2) is 0 Å². The summed E-state index contributed by atoms with van der Waals surface area (Å²) >= 11 is 0. The van der Waals surface area contributed by atoms with E-state index in [4.69, 9.17) is 9.84 Å². The maximum Gasteiger partial charge on any atom is 0.279 e. The van der Waals surface area contributed by atoms with Crippen molar-refractivity contribution in [2.45, 2.75) is 30.3 Å². The van der Waals surface area contributed by atoms with Gasteiger partial charge < -0.3 is 30.3 Å². The van der Waals surface area contributed by atoms with Gasteiger partial charge in [0.25, 0.3) is 5.91 Å². The van der Waals surface area contributed by atoms with Crippen molar-refractivity contribution in [3.63, 3.8) is 0 Å². The summed E-state index contributed by atoms with van der Waals surface area (Å²) in [5, 5.41) is 48.9. The summed E-state index contributed by atoms with van der Waals surface area (Å²) in [4.78, 5) is 11.0. The molecule has 0 aromatic rings. The van der Waals surface area contributed by atoms with Gasteiger partial charge in [-0.05, 0) is 6.08 Å². The third-order valence-corrected chi connectivity index (χ3v) is 2.45. The van der Waals surface area contributed by atoms with Crippen LogP contribution in [0.4, 0.5) is 0 Å². The maximum atomic E-state index is 11.0. The molecule has 8 nitrogen and oxygen atoms in total. The normalized spacial score (nSPS) is 41.9. The summed E-state index contributed by atoms with van der Waals surface area (Å²) in [7, 11) is 0. The van der Waals surface area contributed by atoms with Gasteiger partial charge in [0.2, 0.25) is 5.91 Å². The first kappa shape index (κ1) is 14.0. The molecule has 0 aliphatic carbocycles. The van der Waals surface area contributed by atoms with Gasteiger partial charge in [-0.1, -0.05) is 6.58 Å². The summed E-state index contributed by atoms with van der Waals surface area (Å²) in [5.41, 5.74) is 0. The minimum atomic E-state index is -2.60. The Hall–Kier alpha value is -1.03. The van der Waals surface area contributed by atoms with Gasteiger partial charge in [0, 0.05) is 0 Å². The van der Waals surface area contributed by atoms with E-state index in [-0.39, 0.29) is 0 Å². The highest BCUT2D eigenvalue weighted by molar-refractivity contribution is 5.87. The standard InChI is InChI=1S/C9H15NO7/c1-2-5(12)10-9(16)8(15)7(14)6(13)4(3-11)17-9/h2,4,6-8,11,13-16H,1,3H2,(H,10,12)/t4-,6-,7+,8-,9?/m1/s1. The van der Waals surface area contributed by atoms with Gasteiger partial charge in [-0.2, -0.15) is 0 Å². The predicted molar refractivity (Wildman–Crippen MR) is 53.3 cm³/mol. The number of hydrogen-bond donors (Lipinski definition) is 6. The molecule has 0 aromatic heterocycles. The first-order valence-electron chi connectivity index (χ1n) is 4.85. The van der Waals surface area contributed by atoms with Gasteiger partial charge in [0.05, 0.1) is 6.61 Å². The minimum Gasteiger partial charge on any atom is -0.394 e. The van der Waals surface area contributed by atoms with E-state index in [9.17, 15) is 25.2 Å². The molecule has 1 saturated heterocycles. The van der Waals surface area contributed by atoms with Crippen LogP contribution in [0.1, 0.15) is 0 Å². The van der Waals surface area contributed by atoms with Crippen LogP contribution in [0.3, 0.4) is 0 Å². The van der Waals surface area contributed by atoms with E-state index in [1.54, 1.807) is 0 Å². The lowest BCUT2D eigenvalue weighted by Crippen LogP contribution is -2.71. The lowest BCUT2D eigenvalue weighted by atomic mass is 9.96. The fourth-order valence-electron chi connectivity index (χ4n) is 1.48. The largest absolute Gasteiger partial charge is 0.394 e. The number of rotatable bonds is 3. The molecule has 1 amide bonds. The summed E-state index contributed by atoms with van der Waals surface area (Å²) < 4.78 is 4.76. The number of hydrogen-bond acceptors (Lipinski definition) is 7. The molecule has 1 rings (SSSR count). The molecule has 17 heavy (non-hydrogen) atoms. The van der Waals surface area contributed by atoms with Crippen molar-refractivity contribution in [3.05, 3.63) is 12.7 Å². The molecule has 0 spiro atoms. The Kier molecular flexibility index (Phi) is 4.20. The Bertz CT molecular complexity index is 308. The smallest absolute Gasteiger partial charge is 0.279 e. The molecule has 0 bridgehead atoms. The molecule has 1 aliphatic heterocycles. The van der Waals surface area contributed by atoms with Crippen molar-refractivity contribution in [1.29, 1.82) is 0 Å². The van der Waals surface area contributed by atoms with Crippen molar-refractivity contribution in [2.75, 3.05) is 6.61 Å². The number of nitrogens with one attached hydrogen (secondary N) is 1. The van der Waals surface area contributed by atoms with Crippen LogP contribution in [0.2, 0.25) is 0 Å². The number of aliphatic hydroxyl groups excluding tert-OH is 4. The molecule has 1 heterocycles. The van der Waals surface area contributed by atoms with Crippen LogP contribution in [-0.4, -0.2) is 68.4 Å². The summed E-state index contributed by atoms with van der Waals surface area (Å²) in [6.45, 7) is 2.42. The van der Waals surface area contributed by atoms with E-state index in [0.29, 0.717) is 0 Å². The van der Waals surface area contributed by atoms with E-state index < -0.39 is 42.8 Å². The summed E-state index contributed by atoms with van der Waals surface area (Å²) in [6, 6.07) is 0. The average molecular weight is 249 g/mol. The number of aliphatic hydroxyl groups is 5. The van der Waals surface area contributed by atoms with Crippen LogP contribution >= 0.6 is 0 Å². The minimum absolute atomic E-state index is 0.711. The Morgan fingerprint density at radius 1 is 1.41 bits per heavy atom. The third-order valence-electron chi connectivity index (χ3n) is 2.45. The van der Waals surface area contributed by atoms with Crippen LogP contribution in [0.25, 0.3) is 0 Å².